The van der Waals surface area contributed by atoms with Gasteiger partial charge in [0.2, 0.25) is 0 Å². The van der Waals surface area contributed by atoms with Crippen molar-refractivity contribution < 1.29 is 19.0 Å². The minimum absolute atomic E-state index is 0.0653. The lowest BCUT2D eigenvalue weighted by atomic mass is 9.87. The largest absolute Gasteiger partial charge is 0.493 e. The monoisotopic (exact) mass is 340 g/mol. The second-order valence-corrected chi connectivity index (χ2v) is 6.64. The van der Waals surface area contributed by atoms with Crippen molar-refractivity contribution >= 4 is 12.0 Å². The van der Waals surface area contributed by atoms with E-state index in [0.29, 0.717) is 17.2 Å². The van der Waals surface area contributed by atoms with E-state index in [2.05, 4.69) is 20.8 Å². The van der Waals surface area contributed by atoms with Crippen molar-refractivity contribution in [3.05, 3.63) is 59.7 Å². The predicted molar refractivity (Wildman–Crippen MR) is 99.4 cm³/mol. The molecule has 0 aliphatic carbocycles. The topological polar surface area (TPSA) is 44.8 Å². The van der Waals surface area contributed by atoms with Crippen LogP contribution in [0.5, 0.6) is 17.2 Å². The molecule has 0 aromatic heterocycles. The van der Waals surface area contributed by atoms with Crippen molar-refractivity contribution in [3.63, 3.8) is 0 Å². The molecule has 0 radical (unpaired) electrons. The minimum atomic E-state index is -0.432. The maximum atomic E-state index is 12.0. The summed E-state index contributed by atoms with van der Waals surface area (Å²) in [6.45, 7) is 6.42. The molecule has 0 spiro atoms. The molecule has 4 nitrogen and oxygen atoms in total. The first-order valence-corrected chi connectivity index (χ1v) is 8.06. The van der Waals surface area contributed by atoms with Crippen LogP contribution in [0.25, 0.3) is 6.08 Å². The molecule has 0 atom stereocenters. The fourth-order valence-corrected chi connectivity index (χ4v) is 2.29. The van der Waals surface area contributed by atoms with E-state index in [1.807, 2.05) is 30.3 Å². The molecule has 0 bridgehead atoms. The summed E-state index contributed by atoms with van der Waals surface area (Å²) in [7, 11) is 3.15. The van der Waals surface area contributed by atoms with Gasteiger partial charge in [-0.2, -0.15) is 0 Å². The van der Waals surface area contributed by atoms with Crippen LogP contribution >= 0.6 is 0 Å². The molecule has 0 aliphatic rings. The Hall–Kier alpha value is -2.75. The standard InChI is InChI=1S/C21H24O4/c1-21(2,3)16-8-10-17(11-9-16)25-20(22)13-7-15-6-12-18(23-4)19(14-15)24-5/h6-14H,1-5H3/b13-7+. The zero-order chi connectivity index (χ0) is 18.4. The quantitative estimate of drug-likeness (QED) is 0.452. The lowest BCUT2D eigenvalue weighted by Crippen LogP contribution is -2.11. The molecular weight excluding hydrogens is 316 g/mol. The molecule has 0 amide bonds. The molecule has 0 unspecified atom stereocenters. The number of carbonyl (C=O) groups is 1. The predicted octanol–water partition coefficient (Wildman–Crippen LogP) is 4.62. The van der Waals surface area contributed by atoms with Crippen LogP contribution in [0.4, 0.5) is 0 Å². The Morgan fingerprint density at radius 3 is 2.12 bits per heavy atom. The average Bonchev–Trinajstić information content (AvgIpc) is 2.59. The number of esters is 1. The Balaban J connectivity index is 2.03. The number of carbonyl (C=O) groups excluding carboxylic acids is 1. The zero-order valence-electron chi connectivity index (χ0n) is 15.3. The molecule has 0 N–H and O–H groups in total. The van der Waals surface area contributed by atoms with E-state index in [0.717, 1.165) is 5.56 Å². The van der Waals surface area contributed by atoms with E-state index in [4.69, 9.17) is 14.2 Å². The average molecular weight is 340 g/mol. The lowest BCUT2D eigenvalue weighted by Gasteiger charge is -2.18. The summed E-state index contributed by atoms with van der Waals surface area (Å²) < 4.78 is 15.8. The van der Waals surface area contributed by atoms with Gasteiger partial charge in [0.05, 0.1) is 14.2 Å². The Bertz CT molecular complexity index is 752. The summed E-state index contributed by atoms with van der Waals surface area (Å²) in [4.78, 5) is 12.0. The van der Waals surface area contributed by atoms with E-state index in [1.54, 1.807) is 32.4 Å². The number of benzene rings is 2. The Labute approximate surface area is 149 Å². The molecular formula is C21H24O4. The normalized spacial score (nSPS) is 11.4. The van der Waals surface area contributed by atoms with Gasteiger partial charge >= 0.3 is 5.97 Å². The first-order chi connectivity index (χ1) is 11.8. The number of methoxy groups -OCH3 is 2. The molecule has 2 rings (SSSR count). The smallest absolute Gasteiger partial charge is 0.336 e. The summed E-state index contributed by atoms with van der Waals surface area (Å²) in [6.07, 6.45) is 3.06. The van der Waals surface area contributed by atoms with Crippen LogP contribution in [0.1, 0.15) is 31.9 Å². The third kappa shape index (κ3) is 5.11. The molecule has 0 heterocycles. The molecule has 2 aromatic rings. The van der Waals surface area contributed by atoms with Gasteiger partial charge in [-0.15, -0.1) is 0 Å². The summed E-state index contributed by atoms with van der Waals surface area (Å²) in [6, 6.07) is 13.0. The molecule has 0 fully saturated rings. The lowest BCUT2D eigenvalue weighted by molar-refractivity contribution is -0.128. The van der Waals surface area contributed by atoms with Crippen LogP contribution in [0.2, 0.25) is 0 Å². The second-order valence-electron chi connectivity index (χ2n) is 6.64. The number of ether oxygens (including phenoxy) is 3. The molecule has 25 heavy (non-hydrogen) atoms. The summed E-state index contributed by atoms with van der Waals surface area (Å²) in [5, 5.41) is 0. The van der Waals surface area contributed by atoms with Crippen LogP contribution in [0.3, 0.4) is 0 Å². The van der Waals surface area contributed by atoms with Gasteiger partial charge in [-0.1, -0.05) is 39.0 Å². The van der Waals surface area contributed by atoms with E-state index in [9.17, 15) is 4.79 Å². The van der Waals surface area contributed by atoms with Crippen molar-refractivity contribution in [2.24, 2.45) is 0 Å². The molecule has 0 saturated heterocycles. The van der Waals surface area contributed by atoms with Gasteiger partial charge < -0.3 is 14.2 Å². The highest BCUT2D eigenvalue weighted by atomic mass is 16.5. The summed E-state index contributed by atoms with van der Waals surface area (Å²) in [5.74, 6) is 1.34. The van der Waals surface area contributed by atoms with Gasteiger partial charge in [0, 0.05) is 6.08 Å². The Kier molecular flexibility index (Phi) is 5.86. The Morgan fingerprint density at radius 2 is 1.56 bits per heavy atom. The van der Waals surface area contributed by atoms with Gasteiger partial charge in [0.25, 0.3) is 0 Å². The number of hydrogen-bond acceptors (Lipinski definition) is 4. The molecule has 4 heteroatoms. The van der Waals surface area contributed by atoms with Crippen LogP contribution in [0.15, 0.2) is 48.5 Å². The van der Waals surface area contributed by atoms with Gasteiger partial charge in [-0.05, 0) is 46.9 Å². The van der Waals surface area contributed by atoms with Gasteiger partial charge in [-0.25, -0.2) is 4.79 Å². The third-order valence-corrected chi connectivity index (χ3v) is 3.76. The van der Waals surface area contributed by atoms with E-state index >= 15 is 0 Å². The van der Waals surface area contributed by atoms with Crippen LogP contribution in [-0.4, -0.2) is 20.2 Å². The number of hydrogen-bond donors (Lipinski definition) is 0. The first-order valence-electron chi connectivity index (χ1n) is 8.06. The van der Waals surface area contributed by atoms with Crippen LogP contribution < -0.4 is 14.2 Å². The van der Waals surface area contributed by atoms with Crippen molar-refractivity contribution in [2.75, 3.05) is 14.2 Å². The third-order valence-electron chi connectivity index (χ3n) is 3.76. The van der Waals surface area contributed by atoms with Gasteiger partial charge in [0.1, 0.15) is 5.75 Å². The summed E-state index contributed by atoms with van der Waals surface area (Å²) in [5.41, 5.74) is 2.07. The Morgan fingerprint density at radius 1 is 0.920 bits per heavy atom. The van der Waals surface area contributed by atoms with Crippen molar-refractivity contribution in [1.29, 1.82) is 0 Å². The highest BCUT2D eigenvalue weighted by Crippen LogP contribution is 2.28. The van der Waals surface area contributed by atoms with Gasteiger partial charge in [0.15, 0.2) is 11.5 Å². The van der Waals surface area contributed by atoms with Crippen molar-refractivity contribution in [2.45, 2.75) is 26.2 Å². The second kappa shape index (κ2) is 7.88. The fourth-order valence-electron chi connectivity index (χ4n) is 2.29. The minimum Gasteiger partial charge on any atom is -0.493 e. The molecule has 0 aliphatic heterocycles. The molecule has 0 saturated carbocycles. The molecule has 2 aromatic carbocycles. The fraction of sp³-hybridized carbons (Fsp3) is 0.286. The SMILES string of the molecule is COc1ccc(/C=C/C(=O)Oc2ccc(C(C)(C)C)cc2)cc1OC. The van der Waals surface area contributed by atoms with E-state index < -0.39 is 5.97 Å². The van der Waals surface area contributed by atoms with E-state index in [-0.39, 0.29) is 5.41 Å². The zero-order valence-corrected chi connectivity index (χ0v) is 15.3. The summed E-state index contributed by atoms with van der Waals surface area (Å²) >= 11 is 0. The first kappa shape index (κ1) is 18.6. The maximum absolute atomic E-state index is 12.0. The van der Waals surface area contributed by atoms with Crippen LogP contribution in [0, 0.1) is 0 Å². The highest BCUT2D eigenvalue weighted by molar-refractivity contribution is 5.88. The van der Waals surface area contributed by atoms with Crippen molar-refractivity contribution in [3.8, 4) is 17.2 Å². The maximum Gasteiger partial charge on any atom is 0.336 e. The number of rotatable bonds is 5. The van der Waals surface area contributed by atoms with E-state index in [1.165, 1.54) is 11.6 Å². The van der Waals surface area contributed by atoms with Crippen molar-refractivity contribution in [1.82, 2.24) is 0 Å². The highest BCUT2D eigenvalue weighted by Gasteiger charge is 2.13. The molecule has 132 valence electrons. The van der Waals surface area contributed by atoms with Crippen LogP contribution in [-0.2, 0) is 10.2 Å². The van der Waals surface area contributed by atoms with Gasteiger partial charge in [-0.3, -0.25) is 0 Å².